The summed E-state index contributed by atoms with van der Waals surface area (Å²) in [5.41, 5.74) is 0.740. The minimum absolute atomic E-state index is 0.233. The Kier molecular flexibility index (Phi) is 6.34. The van der Waals surface area contributed by atoms with Crippen molar-refractivity contribution in [3.05, 3.63) is 65.9 Å². The Morgan fingerprint density at radius 1 is 1.09 bits per heavy atom. The molecule has 4 rings (SSSR count). The van der Waals surface area contributed by atoms with Gasteiger partial charge in [-0.2, -0.15) is 4.98 Å². The first-order valence-corrected chi connectivity index (χ1v) is 11.3. The van der Waals surface area contributed by atoms with Gasteiger partial charge in [-0.25, -0.2) is 22.7 Å². The van der Waals surface area contributed by atoms with Crippen LogP contribution in [0.2, 0.25) is 0 Å². The number of aromatic nitrogens is 2. The van der Waals surface area contributed by atoms with E-state index in [4.69, 9.17) is 0 Å². The van der Waals surface area contributed by atoms with Gasteiger partial charge in [0.15, 0.2) is 5.82 Å². The number of carbonyl (C=O) groups is 1. The fourth-order valence-electron chi connectivity index (χ4n) is 3.61. The molecule has 0 fully saturated rings. The number of likely N-dealkylation sites (N-methyl/N-ethyl adjacent to an activating group) is 2. The zero-order valence-corrected chi connectivity index (χ0v) is 19.0. The Hall–Kier alpha value is -3.44. The molecule has 0 bridgehead atoms. The largest absolute Gasteiger partial charge is 0.342 e. The van der Waals surface area contributed by atoms with Crippen LogP contribution in [0.5, 0.6) is 0 Å². The summed E-state index contributed by atoms with van der Waals surface area (Å²) in [5, 5.41) is 3.06. The Balaban J connectivity index is 1.65. The second-order valence-corrected chi connectivity index (χ2v) is 8.66. The van der Waals surface area contributed by atoms with Crippen LogP contribution in [-0.4, -0.2) is 40.7 Å². The van der Waals surface area contributed by atoms with E-state index in [1.165, 1.54) is 29.1 Å². The van der Waals surface area contributed by atoms with Gasteiger partial charge < -0.3 is 15.1 Å². The Morgan fingerprint density at radius 3 is 2.39 bits per heavy atom. The van der Waals surface area contributed by atoms with Crippen LogP contribution in [0.25, 0.3) is 0 Å². The zero-order chi connectivity index (χ0) is 23.7. The predicted molar refractivity (Wildman–Crippen MR) is 123 cm³/mol. The molecule has 0 radical (unpaired) electrons. The van der Waals surface area contributed by atoms with Crippen LogP contribution < -0.4 is 19.8 Å². The van der Waals surface area contributed by atoms with E-state index < -0.39 is 34.6 Å². The smallest absolute Gasteiger partial charge is 0.254 e. The van der Waals surface area contributed by atoms with Gasteiger partial charge in [-0.15, -0.1) is 0 Å². The molecule has 2 N–H and O–H groups in total. The summed E-state index contributed by atoms with van der Waals surface area (Å²) in [7, 11) is 1.78. The van der Waals surface area contributed by atoms with Crippen molar-refractivity contribution < 1.29 is 17.8 Å². The highest BCUT2D eigenvalue weighted by Gasteiger charge is 2.40. The lowest BCUT2D eigenvalue weighted by Crippen LogP contribution is -2.46. The van der Waals surface area contributed by atoms with E-state index in [9.17, 15) is 17.8 Å². The van der Waals surface area contributed by atoms with E-state index in [0.717, 1.165) is 12.1 Å². The quantitative estimate of drug-likeness (QED) is 0.572. The van der Waals surface area contributed by atoms with Crippen LogP contribution in [0.4, 0.5) is 31.9 Å². The molecule has 11 heteroatoms. The SMILES string of the molecule is CCNS(=O)c1ccc(Nc2ncc3c(n2)N(C)C(c2c(F)cccc2F)C(=O)N3C)cc1. The van der Waals surface area contributed by atoms with Gasteiger partial charge in [-0.05, 0) is 36.4 Å². The molecule has 1 aliphatic rings. The molecule has 0 saturated carbocycles. The maximum absolute atomic E-state index is 14.5. The fourth-order valence-corrected chi connectivity index (χ4v) is 4.42. The molecule has 3 aromatic rings. The summed E-state index contributed by atoms with van der Waals surface area (Å²) < 4.78 is 43.8. The van der Waals surface area contributed by atoms with E-state index in [1.54, 1.807) is 31.3 Å². The highest BCUT2D eigenvalue weighted by molar-refractivity contribution is 7.83. The predicted octanol–water partition coefficient (Wildman–Crippen LogP) is 3.28. The lowest BCUT2D eigenvalue weighted by atomic mass is 10.0. The molecule has 2 aromatic carbocycles. The second-order valence-electron chi connectivity index (χ2n) is 7.36. The molecule has 0 spiro atoms. The first-order valence-electron chi connectivity index (χ1n) is 10.2. The number of nitrogens with zero attached hydrogens (tertiary/aromatic N) is 4. The van der Waals surface area contributed by atoms with Crippen LogP contribution in [-0.2, 0) is 15.8 Å². The van der Waals surface area contributed by atoms with Crippen molar-refractivity contribution in [3.8, 4) is 0 Å². The number of benzene rings is 2. The molecule has 0 saturated heterocycles. The highest BCUT2D eigenvalue weighted by Crippen LogP contribution is 2.40. The van der Waals surface area contributed by atoms with Gasteiger partial charge in [0.2, 0.25) is 5.95 Å². The first-order chi connectivity index (χ1) is 15.8. The van der Waals surface area contributed by atoms with Crippen LogP contribution in [0.1, 0.15) is 18.5 Å². The molecule has 8 nitrogen and oxygen atoms in total. The summed E-state index contributed by atoms with van der Waals surface area (Å²) in [5.74, 6) is -1.54. The highest BCUT2D eigenvalue weighted by atomic mass is 32.2. The summed E-state index contributed by atoms with van der Waals surface area (Å²) in [4.78, 5) is 25.1. The van der Waals surface area contributed by atoms with E-state index in [2.05, 4.69) is 20.0 Å². The summed E-state index contributed by atoms with van der Waals surface area (Å²) in [6, 6.07) is 9.19. The third-order valence-corrected chi connectivity index (χ3v) is 6.52. The molecular formula is C22H22F2N6O2S. The van der Waals surface area contributed by atoms with Gasteiger partial charge in [-0.3, -0.25) is 4.79 Å². The molecule has 2 atom stereocenters. The van der Waals surface area contributed by atoms with Crippen molar-refractivity contribution in [1.82, 2.24) is 14.7 Å². The Labute approximate surface area is 192 Å². The average Bonchev–Trinajstić information content (AvgIpc) is 2.80. The molecule has 1 aliphatic heterocycles. The number of hydrogen-bond donors (Lipinski definition) is 2. The molecule has 2 heterocycles. The molecule has 172 valence electrons. The minimum atomic E-state index is -1.29. The molecular weight excluding hydrogens is 450 g/mol. The monoisotopic (exact) mass is 472 g/mol. The number of rotatable bonds is 6. The van der Waals surface area contributed by atoms with Gasteiger partial charge >= 0.3 is 0 Å². The fraction of sp³-hybridized carbons (Fsp3) is 0.227. The van der Waals surface area contributed by atoms with E-state index in [-0.39, 0.29) is 11.5 Å². The number of anilines is 4. The molecule has 1 amide bonds. The second kappa shape index (κ2) is 9.20. The van der Waals surface area contributed by atoms with Crippen LogP contribution in [0.3, 0.4) is 0 Å². The summed E-state index contributed by atoms with van der Waals surface area (Å²) >= 11 is 0. The van der Waals surface area contributed by atoms with Crippen LogP contribution in [0.15, 0.2) is 53.6 Å². The van der Waals surface area contributed by atoms with Gasteiger partial charge in [0.1, 0.15) is 34.3 Å². The van der Waals surface area contributed by atoms with Crippen LogP contribution in [0, 0.1) is 11.6 Å². The Morgan fingerprint density at radius 2 is 1.76 bits per heavy atom. The maximum Gasteiger partial charge on any atom is 0.254 e. The third kappa shape index (κ3) is 4.29. The third-order valence-electron chi connectivity index (χ3n) is 5.27. The van der Waals surface area contributed by atoms with Crippen molar-refractivity contribution in [3.63, 3.8) is 0 Å². The normalized spacial score (nSPS) is 16.5. The lowest BCUT2D eigenvalue weighted by molar-refractivity contribution is -0.120. The van der Waals surface area contributed by atoms with Gasteiger partial charge in [0.25, 0.3) is 5.91 Å². The number of carbonyl (C=O) groups excluding carboxylic acids is 1. The van der Waals surface area contributed by atoms with E-state index >= 15 is 0 Å². The summed E-state index contributed by atoms with van der Waals surface area (Å²) in [6.45, 7) is 2.45. The number of hydrogen-bond acceptors (Lipinski definition) is 6. The number of fused-ring (bicyclic) bond motifs is 1. The van der Waals surface area contributed by atoms with E-state index in [1.807, 2.05) is 6.92 Å². The van der Waals surface area contributed by atoms with Crippen LogP contribution >= 0.6 is 0 Å². The topological polar surface area (TPSA) is 90.5 Å². The Bertz CT molecular complexity index is 1200. The molecule has 2 unspecified atom stereocenters. The first kappa shape index (κ1) is 22.7. The molecule has 33 heavy (non-hydrogen) atoms. The van der Waals surface area contributed by atoms with Gasteiger partial charge in [0.05, 0.1) is 16.7 Å². The lowest BCUT2D eigenvalue weighted by Gasteiger charge is -2.38. The number of halogens is 2. The molecule has 1 aromatic heterocycles. The number of nitrogens with one attached hydrogen (secondary N) is 2. The van der Waals surface area contributed by atoms with Crippen molar-refractivity contribution in [2.45, 2.75) is 17.9 Å². The van der Waals surface area contributed by atoms with E-state index in [0.29, 0.717) is 28.6 Å². The van der Waals surface area contributed by atoms with Crippen molar-refractivity contribution in [2.24, 2.45) is 0 Å². The van der Waals surface area contributed by atoms with Crippen molar-refractivity contribution >= 4 is 40.0 Å². The van der Waals surface area contributed by atoms with Crippen molar-refractivity contribution in [1.29, 1.82) is 0 Å². The van der Waals surface area contributed by atoms with Crippen molar-refractivity contribution in [2.75, 3.05) is 35.8 Å². The minimum Gasteiger partial charge on any atom is -0.342 e. The maximum atomic E-state index is 14.5. The van der Waals surface area contributed by atoms with Gasteiger partial charge in [0, 0.05) is 26.3 Å². The standard InChI is InChI=1S/C22H22F2N6O2S/c1-4-26-33(32)14-10-8-13(9-11-14)27-22-25-12-17-20(28-22)30(3)19(21(31)29(17)2)18-15(23)6-5-7-16(18)24/h5-12,19,26H,4H2,1-3H3,(H,25,27,28). The molecule has 0 aliphatic carbocycles. The van der Waals surface area contributed by atoms with Gasteiger partial charge in [-0.1, -0.05) is 13.0 Å². The number of amides is 1. The zero-order valence-electron chi connectivity index (χ0n) is 18.2. The summed E-state index contributed by atoms with van der Waals surface area (Å²) in [6.07, 6.45) is 1.47. The average molecular weight is 473 g/mol.